The van der Waals surface area contributed by atoms with E-state index in [0.717, 1.165) is 17.5 Å². The number of H-pyrrole nitrogens is 1. The number of rotatable bonds is 4. The van der Waals surface area contributed by atoms with Crippen LogP contribution < -0.4 is 11.1 Å². The third kappa shape index (κ3) is 3.11. The molecular formula is C13H12FN7. The van der Waals surface area contributed by atoms with Crippen molar-refractivity contribution >= 4 is 17.5 Å². The number of halogens is 1. The molecule has 0 spiro atoms. The number of benzene rings is 1. The van der Waals surface area contributed by atoms with Crippen LogP contribution in [0.3, 0.4) is 0 Å². The molecule has 21 heavy (non-hydrogen) atoms. The standard InChI is InChI=1S/C13H12FN7/c14-11-7-16-13(15)19-12(11)18-9-3-1-8(2-4-9)5-10-6-17-21-20-10/h1-4,6-7H,5H2,(H,17,20,21)(H3,15,16,18,19). The van der Waals surface area contributed by atoms with Crippen molar-refractivity contribution in [3.8, 4) is 0 Å². The molecule has 4 N–H and O–H groups in total. The lowest BCUT2D eigenvalue weighted by Crippen LogP contribution is -2.02. The van der Waals surface area contributed by atoms with E-state index in [4.69, 9.17) is 5.73 Å². The van der Waals surface area contributed by atoms with Gasteiger partial charge in [-0.1, -0.05) is 17.3 Å². The zero-order valence-corrected chi connectivity index (χ0v) is 10.9. The fourth-order valence-corrected chi connectivity index (χ4v) is 1.83. The molecule has 106 valence electrons. The highest BCUT2D eigenvalue weighted by atomic mass is 19.1. The molecule has 0 aliphatic rings. The summed E-state index contributed by atoms with van der Waals surface area (Å²) in [7, 11) is 0. The van der Waals surface area contributed by atoms with Gasteiger partial charge in [-0.3, -0.25) is 5.10 Å². The van der Waals surface area contributed by atoms with Gasteiger partial charge < -0.3 is 11.1 Å². The Morgan fingerprint density at radius 3 is 2.76 bits per heavy atom. The van der Waals surface area contributed by atoms with Gasteiger partial charge in [-0.25, -0.2) is 9.37 Å². The number of hydrogen-bond donors (Lipinski definition) is 3. The summed E-state index contributed by atoms with van der Waals surface area (Å²) >= 11 is 0. The minimum atomic E-state index is -0.559. The van der Waals surface area contributed by atoms with E-state index < -0.39 is 5.82 Å². The summed E-state index contributed by atoms with van der Waals surface area (Å²) in [4.78, 5) is 7.38. The van der Waals surface area contributed by atoms with Gasteiger partial charge in [0.1, 0.15) is 0 Å². The second-order valence-electron chi connectivity index (χ2n) is 4.39. The van der Waals surface area contributed by atoms with Crippen LogP contribution in [0.4, 0.5) is 21.8 Å². The number of nitrogens with two attached hydrogens (primary N) is 1. The van der Waals surface area contributed by atoms with Crippen molar-refractivity contribution in [1.29, 1.82) is 0 Å². The van der Waals surface area contributed by atoms with Gasteiger partial charge in [0, 0.05) is 18.3 Å². The Balaban J connectivity index is 1.73. The van der Waals surface area contributed by atoms with E-state index in [9.17, 15) is 4.39 Å². The van der Waals surface area contributed by atoms with Gasteiger partial charge in [0.15, 0.2) is 11.6 Å². The molecule has 0 aliphatic carbocycles. The monoisotopic (exact) mass is 285 g/mol. The molecule has 7 nitrogen and oxygen atoms in total. The molecule has 0 fully saturated rings. The zero-order valence-electron chi connectivity index (χ0n) is 10.9. The zero-order chi connectivity index (χ0) is 14.7. The molecular weight excluding hydrogens is 273 g/mol. The van der Waals surface area contributed by atoms with Gasteiger partial charge in [0.25, 0.3) is 0 Å². The van der Waals surface area contributed by atoms with Crippen molar-refractivity contribution in [2.24, 2.45) is 0 Å². The SMILES string of the molecule is Nc1ncc(F)c(Nc2ccc(Cc3c[nH]nn3)cc2)n1. The van der Waals surface area contributed by atoms with Crippen LogP contribution in [-0.2, 0) is 6.42 Å². The maximum Gasteiger partial charge on any atom is 0.222 e. The molecule has 3 rings (SSSR count). The van der Waals surface area contributed by atoms with Gasteiger partial charge in [0.2, 0.25) is 5.95 Å². The molecule has 0 saturated heterocycles. The Hall–Kier alpha value is -3.03. The van der Waals surface area contributed by atoms with Crippen LogP contribution in [-0.4, -0.2) is 25.4 Å². The lowest BCUT2D eigenvalue weighted by atomic mass is 10.1. The third-order valence-corrected chi connectivity index (χ3v) is 2.83. The first-order valence-electron chi connectivity index (χ1n) is 6.20. The van der Waals surface area contributed by atoms with Gasteiger partial charge in [-0.2, -0.15) is 4.98 Å². The van der Waals surface area contributed by atoms with E-state index in [1.807, 2.05) is 24.3 Å². The average molecular weight is 285 g/mol. The topological polar surface area (TPSA) is 105 Å². The molecule has 2 aromatic heterocycles. The lowest BCUT2D eigenvalue weighted by molar-refractivity contribution is 0.620. The van der Waals surface area contributed by atoms with Crippen molar-refractivity contribution in [1.82, 2.24) is 25.4 Å². The molecule has 0 saturated carbocycles. The number of aromatic amines is 1. The van der Waals surface area contributed by atoms with Crippen LogP contribution in [0.15, 0.2) is 36.7 Å². The minimum Gasteiger partial charge on any atom is -0.368 e. The fourth-order valence-electron chi connectivity index (χ4n) is 1.83. The normalized spacial score (nSPS) is 10.5. The Morgan fingerprint density at radius 2 is 2.05 bits per heavy atom. The number of nitrogen functional groups attached to an aromatic ring is 1. The van der Waals surface area contributed by atoms with E-state index >= 15 is 0 Å². The molecule has 0 radical (unpaired) electrons. The van der Waals surface area contributed by atoms with Crippen LogP contribution in [0.1, 0.15) is 11.3 Å². The molecule has 0 bridgehead atoms. The van der Waals surface area contributed by atoms with Crippen molar-refractivity contribution in [3.63, 3.8) is 0 Å². The highest BCUT2D eigenvalue weighted by Gasteiger charge is 2.06. The second-order valence-corrected chi connectivity index (χ2v) is 4.39. The van der Waals surface area contributed by atoms with Crippen LogP contribution >= 0.6 is 0 Å². The first-order chi connectivity index (χ1) is 10.2. The van der Waals surface area contributed by atoms with E-state index in [2.05, 4.69) is 30.7 Å². The van der Waals surface area contributed by atoms with Crippen LogP contribution in [0.2, 0.25) is 0 Å². The maximum atomic E-state index is 13.5. The van der Waals surface area contributed by atoms with E-state index in [0.29, 0.717) is 12.1 Å². The number of anilines is 3. The van der Waals surface area contributed by atoms with Crippen LogP contribution in [0.25, 0.3) is 0 Å². The minimum absolute atomic E-state index is 0.0153. The largest absolute Gasteiger partial charge is 0.368 e. The fraction of sp³-hybridized carbons (Fsp3) is 0.0769. The summed E-state index contributed by atoms with van der Waals surface area (Å²) in [5.41, 5.74) is 8.06. The van der Waals surface area contributed by atoms with Crippen molar-refractivity contribution < 1.29 is 4.39 Å². The van der Waals surface area contributed by atoms with Crippen LogP contribution in [0.5, 0.6) is 0 Å². The Kier molecular flexibility index (Phi) is 3.42. The van der Waals surface area contributed by atoms with E-state index in [1.165, 1.54) is 0 Å². The Labute approximate surface area is 119 Å². The van der Waals surface area contributed by atoms with Crippen molar-refractivity contribution in [2.45, 2.75) is 6.42 Å². The molecule has 3 aromatic rings. The molecule has 2 heterocycles. The molecule has 0 amide bonds. The Morgan fingerprint density at radius 1 is 1.24 bits per heavy atom. The summed E-state index contributed by atoms with van der Waals surface area (Å²) in [6, 6.07) is 7.49. The highest BCUT2D eigenvalue weighted by molar-refractivity contribution is 5.57. The van der Waals surface area contributed by atoms with Gasteiger partial charge >= 0.3 is 0 Å². The summed E-state index contributed by atoms with van der Waals surface area (Å²) in [5.74, 6) is -0.496. The molecule has 0 unspecified atom stereocenters. The third-order valence-electron chi connectivity index (χ3n) is 2.83. The first-order valence-corrected chi connectivity index (χ1v) is 6.20. The molecule has 8 heteroatoms. The number of aromatic nitrogens is 5. The van der Waals surface area contributed by atoms with Crippen molar-refractivity contribution in [3.05, 3.63) is 53.7 Å². The lowest BCUT2D eigenvalue weighted by Gasteiger charge is -2.07. The quantitative estimate of drug-likeness (QED) is 0.673. The average Bonchev–Trinajstić information content (AvgIpc) is 2.98. The summed E-state index contributed by atoms with van der Waals surface area (Å²) in [6.45, 7) is 0. The van der Waals surface area contributed by atoms with E-state index in [1.54, 1.807) is 6.20 Å². The number of hydrogen-bond acceptors (Lipinski definition) is 6. The summed E-state index contributed by atoms with van der Waals surface area (Å²) < 4.78 is 13.5. The van der Waals surface area contributed by atoms with Gasteiger partial charge in [-0.05, 0) is 17.7 Å². The summed E-state index contributed by atoms with van der Waals surface area (Å²) in [6.07, 6.45) is 3.44. The van der Waals surface area contributed by atoms with E-state index in [-0.39, 0.29) is 11.8 Å². The molecule has 1 aromatic carbocycles. The predicted molar refractivity (Wildman–Crippen MR) is 75.3 cm³/mol. The molecule has 0 atom stereocenters. The van der Waals surface area contributed by atoms with Crippen molar-refractivity contribution in [2.75, 3.05) is 11.1 Å². The van der Waals surface area contributed by atoms with Gasteiger partial charge in [-0.15, -0.1) is 5.10 Å². The maximum absolute atomic E-state index is 13.5. The highest BCUT2D eigenvalue weighted by Crippen LogP contribution is 2.19. The first kappa shape index (κ1) is 13.0. The number of nitrogens with zero attached hydrogens (tertiary/aromatic N) is 4. The molecule has 0 aliphatic heterocycles. The smallest absolute Gasteiger partial charge is 0.222 e. The van der Waals surface area contributed by atoms with Gasteiger partial charge in [0.05, 0.1) is 11.9 Å². The number of nitrogens with one attached hydrogen (secondary N) is 2. The second kappa shape index (κ2) is 5.53. The Bertz CT molecular complexity index is 725. The summed E-state index contributed by atoms with van der Waals surface area (Å²) in [5, 5.41) is 13.1. The van der Waals surface area contributed by atoms with Crippen LogP contribution in [0, 0.1) is 5.82 Å². The predicted octanol–water partition coefficient (Wildman–Crippen LogP) is 1.65.